The minimum atomic E-state index is -0.348. The SMILES string of the molecule is CC(=O)CC(=O)Nc1ccc(OCCOCCOc2ccc(NC(=O)CC(C)=O)cc2)cc1. The first-order valence-electron chi connectivity index (χ1n) is 10.4. The molecule has 0 saturated heterocycles. The molecule has 0 heterocycles. The molecule has 2 aromatic carbocycles. The largest absolute Gasteiger partial charge is 0.491 e. The number of benzene rings is 2. The fraction of sp³-hybridized carbons (Fsp3) is 0.333. The van der Waals surface area contributed by atoms with Crippen molar-refractivity contribution >= 4 is 34.8 Å². The zero-order valence-corrected chi connectivity index (χ0v) is 18.7. The van der Waals surface area contributed by atoms with E-state index in [1.807, 2.05) is 0 Å². The molecule has 0 aliphatic heterocycles. The molecule has 0 aliphatic rings. The van der Waals surface area contributed by atoms with Gasteiger partial charge in [-0.05, 0) is 62.4 Å². The van der Waals surface area contributed by atoms with Gasteiger partial charge in [-0.15, -0.1) is 0 Å². The van der Waals surface area contributed by atoms with Crippen LogP contribution >= 0.6 is 0 Å². The van der Waals surface area contributed by atoms with E-state index >= 15 is 0 Å². The number of anilines is 2. The quantitative estimate of drug-likeness (QED) is 0.331. The number of carbonyl (C=O) groups is 4. The van der Waals surface area contributed by atoms with Crippen LogP contribution in [0.5, 0.6) is 11.5 Å². The van der Waals surface area contributed by atoms with Gasteiger partial charge in [-0.2, -0.15) is 0 Å². The Morgan fingerprint density at radius 1 is 0.606 bits per heavy atom. The van der Waals surface area contributed by atoms with Gasteiger partial charge in [-0.3, -0.25) is 19.2 Å². The summed E-state index contributed by atoms with van der Waals surface area (Å²) >= 11 is 0. The monoisotopic (exact) mass is 456 g/mol. The van der Waals surface area contributed by atoms with Crippen molar-refractivity contribution in [3.63, 3.8) is 0 Å². The fourth-order valence-corrected chi connectivity index (χ4v) is 2.67. The molecule has 176 valence electrons. The van der Waals surface area contributed by atoms with Crippen LogP contribution in [0, 0.1) is 0 Å². The van der Waals surface area contributed by atoms with Crippen molar-refractivity contribution in [3.05, 3.63) is 48.5 Å². The maximum Gasteiger partial charge on any atom is 0.231 e. The Morgan fingerprint density at radius 3 is 1.30 bits per heavy atom. The molecule has 9 nitrogen and oxygen atoms in total. The molecule has 33 heavy (non-hydrogen) atoms. The lowest BCUT2D eigenvalue weighted by molar-refractivity contribution is -0.125. The Morgan fingerprint density at radius 2 is 0.970 bits per heavy atom. The first-order chi connectivity index (χ1) is 15.8. The van der Waals surface area contributed by atoms with Crippen molar-refractivity contribution in [2.45, 2.75) is 26.7 Å². The number of ketones is 2. The Labute approximate surface area is 192 Å². The van der Waals surface area contributed by atoms with Crippen LogP contribution in [0.3, 0.4) is 0 Å². The lowest BCUT2D eigenvalue weighted by Gasteiger charge is -2.10. The summed E-state index contributed by atoms with van der Waals surface area (Å²) < 4.78 is 16.6. The summed E-state index contributed by atoms with van der Waals surface area (Å²) in [4.78, 5) is 45.0. The number of Topliss-reactive ketones (excluding diaryl/α,β-unsaturated/α-hetero) is 2. The third-order valence-corrected chi connectivity index (χ3v) is 4.09. The molecule has 2 rings (SSSR count). The maximum atomic E-state index is 11.6. The lowest BCUT2D eigenvalue weighted by atomic mass is 10.2. The third kappa shape index (κ3) is 10.9. The van der Waals surface area contributed by atoms with Gasteiger partial charge in [0.15, 0.2) is 0 Å². The molecule has 0 aromatic heterocycles. The van der Waals surface area contributed by atoms with Gasteiger partial charge in [0.25, 0.3) is 0 Å². The second-order valence-electron chi connectivity index (χ2n) is 7.21. The third-order valence-electron chi connectivity index (χ3n) is 4.09. The van der Waals surface area contributed by atoms with Crippen LogP contribution < -0.4 is 20.1 Å². The van der Waals surface area contributed by atoms with Gasteiger partial charge in [-0.1, -0.05) is 0 Å². The topological polar surface area (TPSA) is 120 Å². The molecule has 0 fully saturated rings. The molecule has 0 aliphatic carbocycles. The van der Waals surface area contributed by atoms with Crippen LogP contribution in [-0.4, -0.2) is 49.8 Å². The molecule has 0 saturated carbocycles. The molecular weight excluding hydrogens is 428 g/mol. The van der Waals surface area contributed by atoms with E-state index in [2.05, 4.69) is 10.6 Å². The summed E-state index contributed by atoms with van der Waals surface area (Å²) in [6.45, 7) is 4.19. The van der Waals surface area contributed by atoms with E-state index in [0.717, 1.165) is 0 Å². The molecule has 9 heteroatoms. The van der Waals surface area contributed by atoms with Gasteiger partial charge >= 0.3 is 0 Å². The van der Waals surface area contributed by atoms with Gasteiger partial charge in [0.1, 0.15) is 36.3 Å². The van der Waals surface area contributed by atoms with Crippen LogP contribution in [0.2, 0.25) is 0 Å². The first kappa shape index (κ1) is 25.5. The van der Waals surface area contributed by atoms with Crippen LogP contribution in [-0.2, 0) is 23.9 Å². The second kappa shape index (κ2) is 13.6. The van der Waals surface area contributed by atoms with E-state index in [4.69, 9.17) is 14.2 Å². The molecule has 2 aromatic rings. The van der Waals surface area contributed by atoms with Gasteiger partial charge in [0.05, 0.1) is 26.1 Å². The molecule has 0 bridgehead atoms. The summed E-state index contributed by atoms with van der Waals surface area (Å²) in [5.41, 5.74) is 1.18. The lowest BCUT2D eigenvalue weighted by Crippen LogP contribution is -2.15. The summed E-state index contributed by atoms with van der Waals surface area (Å²) in [7, 11) is 0. The average molecular weight is 456 g/mol. The number of ether oxygens (including phenoxy) is 3. The zero-order valence-electron chi connectivity index (χ0n) is 18.7. The van der Waals surface area contributed by atoms with Crippen molar-refractivity contribution < 1.29 is 33.4 Å². The van der Waals surface area contributed by atoms with Crippen molar-refractivity contribution in [2.24, 2.45) is 0 Å². The summed E-state index contributed by atoms with van der Waals surface area (Å²) in [5.74, 6) is 0.189. The highest BCUT2D eigenvalue weighted by molar-refractivity contribution is 6.04. The first-order valence-corrected chi connectivity index (χ1v) is 10.4. The molecule has 0 spiro atoms. The molecule has 2 amide bonds. The van der Waals surface area contributed by atoms with E-state index in [1.54, 1.807) is 48.5 Å². The smallest absolute Gasteiger partial charge is 0.231 e. The predicted octanol–water partition coefficient (Wildman–Crippen LogP) is 3.00. The normalized spacial score (nSPS) is 10.2. The van der Waals surface area contributed by atoms with Crippen LogP contribution in [0.1, 0.15) is 26.7 Å². The van der Waals surface area contributed by atoms with E-state index in [1.165, 1.54) is 13.8 Å². The van der Waals surface area contributed by atoms with Gasteiger partial charge < -0.3 is 24.8 Å². The van der Waals surface area contributed by atoms with Crippen LogP contribution in [0.15, 0.2) is 48.5 Å². The van der Waals surface area contributed by atoms with Gasteiger partial charge in [0.2, 0.25) is 11.8 Å². The highest BCUT2D eigenvalue weighted by atomic mass is 16.5. The Bertz CT molecular complexity index is 863. The highest BCUT2D eigenvalue weighted by Crippen LogP contribution is 2.17. The van der Waals surface area contributed by atoms with E-state index < -0.39 is 0 Å². The Hall–Kier alpha value is -3.72. The average Bonchev–Trinajstić information content (AvgIpc) is 2.74. The molecule has 0 radical (unpaired) electrons. The maximum absolute atomic E-state index is 11.6. The summed E-state index contributed by atoms with van der Waals surface area (Å²) in [5, 5.41) is 5.28. The highest BCUT2D eigenvalue weighted by Gasteiger charge is 2.06. The van der Waals surface area contributed by atoms with Crippen molar-refractivity contribution in [1.29, 1.82) is 0 Å². The summed E-state index contributed by atoms with van der Waals surface area (Å²) in [6.07, 6.45) is -0.296. The number of hydrogen-bond acceptors (Lipinski definition) is 7. The van der Waals surface area contributed by atoms with E-state index in [0.29, 0.717) is 49.3 Å². The molecular formula is C24H28N2O7. The van der Waals surface area contributed by atoms with Crippen molar-refractivity contribution in [2.75, 3.05) is 37.1 Å². The van der Waals surface area contributed by atoms with Crippen molar-refractivity contribution in [3.8, 4) is 11.5 Å². The standard InChI is InChI=1S/C24H28N2O7/c1-17(27)15-23(29)25-19-3-7-21(8-4-19)32-13-11-31-12-14-33-22-9-5-20(6-10-22)26-24(30)16-18(2)28/h3-10H,11-16H2,1-2H3,(H,25,29)(H,26,30). The summed E-state index contributed by atoms with van der Waals surface area (Å²) in [6, 6.07) is 13.7. The van der Waals surface area contributed by atoms with Crippen LogP contribution in [0.4, 0.5) is 11.4 Å². The number of hydrogen-bond donors (Lipinski definition) is 2. The molecule has 0 atom stereocenters. The number of rotatable bonds is 14. The van der Waals surface area contributed by atoms with Gasteiger partial charge in [0, 0.05) is 11.4 Å². The van der Waals surface area contributed by atoms with Crippen LogP contribution in [0.25, 0.3) is 0 Å². The van der Waals surface area contributed by atoms with Gasteiger partial charge in [-0.25, -0.2) is 0 Å². The Kier molecular flexibility index (Phi) is 10.6. The predicted molar refractivity (Wildman–Crippen MR) is 123 cm³/mol. The van der Waals surface area contributed by atoms with E-state index in [9.17, 15) is 19.2 Å². The minimum Gasteiger partial charge on any atom is -0.491 e. The Balaban J connectivity index is 1.57. The van der Waals surface area contributed by atoms with Crippen molar-refractivity contribution in [1.82, 2.24) is 0 Å². The number of nitrogens with one attached hydrogen (secondary N) is 2. The number of amides is 2. The second-order valence-corrected chi connectivity index (χ2v) is 7.21. The zero-order chi connectivity index (χ0) is 24.1. The fourth-order valence-electron chi connectivity index (χ4n) is 2.67. The minimum absolute atomic E-state index is 0.148. The number of carbonyl (C=O) groups excluding carboxylic acids is 4. The molecule has 2 N–H and O–H groups in total. The van der Waals surface area contributed by atoms with E-state index in [-0.39, 0.29) is 36.2 Å². The molecule has 0 unspecified atom stereocenters.